The molecule has 0 bridgehead atoms. The lowest BCUT2D eigenvalue weighted by molar-refractivity contribution is -0.384. The van der Waals surface area contributed by atoms with Gasteiger partial charge in [0.25, 0.3) is 5.69 Å². The van der Waals surface area contributed by atoms with Crippen molar-refractivity contribution in [2.75, 3.05) is 37.4 Å². The number of non-ortho nitro benzene ring substituents is 1. The Morgan fingerprint density at radius 3 is 2.50 bits per heavy atom. The summed E-state index contributed by atoms with van der Waals surface area (Å²) in [6.45, 7) is 4.48. The fourth-order valence-electron chi connectivity index (χ4n) is 3.50. The lowest BCUT2D eigenvalue weighted by Crippen LogP contribution is -2.36. The predicted molar refractivity (Wildman–Crippen MR) is 117 cm³/mol. The van der Waals surface area contributed by atoms with Crippen molar-refractivity contribution in [3.8, 4) is 5.75 Å². The Balaban J connectivity index is 1.71. The third-order valence-corrected chi connectivity index (χ3v) is 5.17. The molecule has 1 aliphatic rings. The molecule has 3 rings (SSSR count). The van der Waals surface area contributed by atoms with Crippen LogP contribution in [0.1, 0.15) is 25.3 Å². The first-order valence-electron chi connectivity index (χ1n) is 10.2. The largest absolute Gasteiger partial charge is 0.494 e. The summed E-state index contributed by atoms with van der Waals surface area (Å²) in [7, 11) is 2.09. The number of carbonyl (C=O) groups is 1. The van der Waals surface area contributed by atoms with Crippen LogP contribution in [0.5, 0.6) is 5.75 Å². The van der Waals surface area contributed by atoms with Gasteiger partial charge in [0, 0.05) is 18.2 Å². The molecule has 0 aliphatic carbocycles. The van der Waals surface area contributed by atoms with Crippen LogP contribution in [0.25, 0.3) is 0 Å². The number of rotatable bonds is 8. The van der Waals surface area contributed by atoms with E-state index in [1.165, 1.54) is 12.1 Å². The number of benzene rings is 2. The molecule has 1 saturated heterocycles. The zero-order chi connectivity index (χ0) is 21.5. The van der Waals surface area contributed by atoms with Gasteiger partial charge in [-0.15, -0.1) is 0 Å². The zero-order valence-electron chi connectivity index (χ0n) is 17.4. The lowest BCUT2D eigenvalue weighted by Gasteiger charge is -2.30. The van der Waals surface area contributed by atoms with Crippen LogP contribution < -0.4 is 15.4 Å². The first-order chi connectivity index (χ1) is 14.4. The first-order valence-corrected chi connectivity index (χ1v) is 10.2. The molecule has 2 aromatic carbocycles. The number of hydrogen-bond donors (Lipinski definition) is 2. The normalized spacial score (nSPS) is 14.9. The van der Waals surface area contributed by atoms with Crippen LogP contribution in [0.3, 0.4) is 0 Å². The molecule has 2 aromatic rings. The van der Waals surface area contributed by atoms with Crippen molar-refractivity contribution in [2.45, 2.75) is 32.2 Å². The Labute approximate surface area is 176 Å². The smallest absolute Gasteiger partial charge is 0.271 e. The standard InChI is InChI=1S/C22H28N4O4/c1-3-30-19-7-4-16(5-8-19)14-22(27)24-21-15-18(26(28)29)6-9-20(21)23-17-10-12-25(2)13-11-17/h4-9,15,17,23H,3,10-14H2,1-2H3,(H,24,27). The summed E-state index contributed by atoms with van der Waals surface area (Å²) in [5.41, 5.74) is 1.92. The van der Waals surface area contributed by atoms with Crippen LogP contribution in [0.15, 0.2) is 42.5 Å². The van der Waals surface area contributed by atoms with Crippen LogP contribution >= 0.6 is 0 Å². The Kier molecular flexibility index (Phi) is 7.24. The van der Waals surface area contributed by atoms with E-state index in [0.29, 0.717) is 18.0 Å². The molecule has 160 valence electrons. The highest BCUT2D eigenvalue weighted by Crippen LogP contribution is 2.29. The van der Waals surface area contributed by atoms with Crippen molar-refractivity contribution >= 4 is 23.0 Å². The zero-order valence-corrected chi connectivity index (χ0v) is 17.4. The van der Waals surface area contributed by atoms with E-state index >= 15 is 0 Å². The molecule has 30 heavy (non-hydrogen) atoms. The number of likely N-dealkylation sites (tertiary alicyclic amines) is 1. The van der Waals surface area contributed by atoms with E-state index < -0.39 is 4.92 Å². The Hall–Kier alpha value is -3.13. The number of nitro benzene ring substituents is 1. The van der Waals surface area contributed by atoms with Crippen LogP contribution in [0.4, 0.5) is 17.1 Å². The number of carbonyl (C=O) groups excluding carboxylic acids is 1. The molecule has 8 heteroatoms. The molecule has 0 atom stereocenters. The molecule has 0 radical (unpaired) electrons. The van der Waals surface area contributed by atoms with Gasteiger partial charge in [-0.1, -0.05) is 12.1 Å². The molecule has 0 unspecified atom stereocenters. The van der Waals surface area contributed by atoms with Crippen molar-refractivity contribution in [1.29, 1.82) is 0 Å². The number of nitro groups is 1. The number of nitrogens with zero attached hydrogens (tertiary/aromatic N) is 2. The number of amides is 1. The topological polar surface area (TPSA) is 96.7 Å². The van der Waals surface area contributed by atoms with Gasteiger partial charge in [-0.25, -0.2) is 0 Å². The minimum Gasteiger partial charge on any atom is -0.494 e. The highest BCUT2D eigenvalue weighted by molar-refractivity contribution is 5.96. The molecule has 1 amide bonds. The van der Waals surface area contributed by atoms with E-state index in [1.807, 2.05) is 31.2 Å². The van der Waals surface area contributed by atoms with E-state index in [2.05, 4.69) is 22.6 Å². The number of nitrogens with one attached hydrogen (secondary N) is 2. The SMILES string of the molecule is CCOc1ccc(CC(=O)Nc2cc([N+](=O)[O-])ccc2NC2CCN(C)CC2)cc1. The van der Waals surface area contributed by atoms with Gasteiger partial charge in [-0.2, -0.15) is 0 Å². The highest BCUT2D eigenvalue weighted by Gasteiger charge is 2.19. The third kappa shape index (κ3) is 5.93. The average Bonchev–Trinajstić information content (AvgIpc) is 2.72. The number of ether oxygens (including phenoxy) is 1. The van der Waals surface area contributed by atoms with Crippen LogP contribution in [-0.2, 0) is 11.2 Å². The number of piperidine rings is 1. The second kappa shape index (κ2) is 10.1. The van der Waals surface area contributed by atoms with Crippen molar-refractivity contribution < 1.29 is 14.5 Å². The van der Waals surface area contributed by atoms with E-state index in [1.54, 1.807) is 6.07 Å². The van der Waals surface area contributed by atoms with Gasteiger partial charge in [0.2, 0.25) is 5.91 Å². The summed E-state index contributed by atoms with van der Waals surface area (Å²) in [4.78, 5) is 25.6. The highest BCUT2D eigenvalue weighted by atomic mass is 16.6. The summed E-state index contributed by atoms with van der Waals surface area (Å²) in [5, 5.41) is 17.5. The fourth-order valence-corrected chi connectivity index (χ4v) is 3.50. The summed E-state index contributed by atoms with van der Waals surface area (Å²) in [6.07, 6.45) is 2.13. The van der Waals surface area contributed by atoms with Gasteiger partial charge in [-0.3, -0.25) is 14.9 Å². The molecular formula is C22H28N4O4. The van der Waals surface area contributed by atoms with Gasteiger partial charge in [0.05, 0.1) is 29.3 Å². The molecule has 1 aliphatic heterocycles. The molecule has 0 spiro atoms. The third-order valence-electron chi connectivity index (χ3n) is 5.17. The molecule has 1 heterocycles. The minimum atomic E-state index is -0.457. The molecule has 8 nitrogen and oxygen atoms in total. The summed E-state index contributed by atoms with van der Waals surface area (Å²) in [6, 6.07) is 12.1. The van der Waals surface area contributed by atoms with Crippen molar-refractivity contribution in [3.05, 3.63) is 58.1 Å². The van der Waals surface area contributed by atoms with Gasteiger partial charge >= 0.3 is 0 Å². The van der Waals surface area contributed by atoms with E-state index in [-0.39, 0.29) is 24.1 Å². The van der Waals surface area contributed by atoms with E-state index in [9.17, 15) is 14.9 Å². The minimum absolute atomic E-state index is 0.0553. The first kappa shape index (κ1) is 21.6. The molecule has 2 N–H and O–H groups in total. The molecule has 0 saturated carbocycles. The van der Waals surface area contributed by atoms with E-state index in [4.69, 9.17) is 4.74 Å². The molecule has 1 fully saturated rings. The maximum Gasteiger partial charge on any atom is 0.271 e. The summed E-state index contributed by atoms with van der Waals surface area (Å²) in [5.74, 6) is 0.524. The predicted octanol–water partition coefficient (Wildman–Crippen LogP) is 3.68. The second-order valence-electron chi connectivity index (χ2n) is 7.51. The van der Waals surface area contributed by atoms with Crippen LogP contribution in [-0.4, -0.2) is 48.5 Å². The lowest BCUT2D eigenvalue weighted by atomic mass is 10.0. The van der Waals surface area contributed by atoms with Crippen molar-refractivity contribution in [2.24, 2.45) is 0 Å². The van der Waals surface area contributed by atoms with Crippen LogP contribution in [0.2, 0.25) is 0 Å². The number of hydrogen-bond acceptors (Lipinski definition) is 6. The van der Waals surface area contributed by atoms with Gasteiger partial charge in [-0.05, 0) is 63.7 Å². The van der Waals surface area contributed by atoms with E-state index in [0.717, 1.165) is 37.2 Å². The van der Waals surface area contributed by atoms with Gasteiger partial charge in [0.1, 0.15) is 5.75 Å². The maximum absolute atomic E-state index is 12.6. The van der Waals surface area contributed by atoms with Crippen molar-refractivity contribution in [3.63, 3.8) is 0 Å². The Bertz CT molecular complexity index is 877. The fraction of sp³-hybridized carbons (Fsp3) is 0.409. The maximum atomic E-state index is 12.6. The number of anilines is 2. The Morgan fingerprint density at radius 2 is 1.87 bits per heavy atom. The Morgan fingerprint density at radius 1 is 1.17 bits per heavy atom. The van der Waals surface area contributed by atoms with Gasteiger partial charge in [0.15, 0.2) is 0 Å². The quantitative estimate of drug-likeness (QED) is 0.507. The van der Waals surface area contributed by atoms with Crippen molar-refractivity contribution in [1.82, 2.24) is 4.90 Å². The van der Waals surface area contributed by atoms with Gasteiger partial charge < -0.3 is 20.3 Å². The molecule has 0 aromatic heterocycles. The summed E-state index contributed by atoms with van der Waals surface area (Å²) >= 11 is 0. The van der Waals surface area contributed by atoms with Crippen LogP contribution in [0, 0.1) is 10.1 Å². The average molecular weight is 412 g/mol. The second-order valence-corrected chi connectivity index (χ2v) is 7.51. The monoisotopic (exact) mass is 412 g/mol. The molecular weight excluding hydrogens is 384 g/mol. The summed E-state index contributed by atoms with van der Waals surface area (Å²) < 4.78 is 5.42.